The molecule has 1 aliphatic carbocycles. The Labute approximate surface area is 107 Å². The molecule has 1 heterocycles. The highest BCUT2D eigenvalue weighted by Crippen LogP contribution is 2.33. The number of aliphatic hydroxyl groups is 1. The lowest BCUT2D eigenvalue weighted by Gasteiger charge is -2.20. The Morgan fingerprint density at radius 1 is 1.75 bits per heavy atom. The molecule has 1 unspecified atom stereocenters. The molecule has 1 amide bonds. The summed E-state index contributed by atoms with van der Waals surface area (Å²) in [4.78, 5) is 13.5. The van der Waals surface area contributed by atoms with Crippen LogP contribution in [0.3, 0.4) is 0 Å². The highest BCUT2D eigenvalue weighted by Gasteiger charge is 2.31. The molecular weight excluding hydrogens is 290 g/mol. The van der Waals surface area contributed by atoms with Crippen molar-refractivity contribution in [2.75, 3.05) is 13.6 Å². The van der Waals surface area contributed by atoms with Gasteiger partial charge in [-0.2, -0.15) is 0 Å². The predicted octanol–water partition coefficient (Wildman–Crippen LogP) is 2.35. The standard InChI is InChI=1S/C11H14BrNO2S/c1-13(5-9(14)7-2-3-7)11(15)8-4-10(12)16-6-8/h4,6-7,9,14H,2-3,5H2,1H3. The van der Waals surface area contributed by atoms with E-state index in [0.717, 1.165) is 16.6 Å². The second-order valence-corrected chi connectivity index (χ2v) is 6.52. The number of carbonyl (C=O) groups excluding carboxylic acids is 1. The second kappa shape index (κ2) is 4.85. The molecule has 1 aliphatic rings. The molecule has 0 aromatic carbocycles. The van der Waals surface area contributed by atoms with Crippen molar-refractivity contribution in [3.8, 4) is 0 Å². The number of rotatable bonds is 4. The van der Waals surface area contributed by atoms with E-state index >= 15 is 0 Å². The Bertz CT molecular complexity index is 389. The van der Waals surface area contributed by atoms with Crippen LogP contribution in [0.15, 0.2) is 15.2 Å². The zero-order valence-electron chi connectivity index (χ0n) is 9.02. The summed E-state index contributed by atoms with van der Waals surface area (Å²) in [5, 5.41) is 11.6. The fourth-order valence-corrected chi connectivity index (χ4v) is 2.77. The Balaban J connectivity index is 1.93. The third kappa shape index (κ3) is 2.84. The third-order valence-electron chi connectivity index (χ3n) is 2.79. The Morgan fingerprint density at radius 2 is 2.44 bits per heavy atom. The molecule has 0 bridgehead atoms. The third-order valence-corrected chi connectivity index (χ3v) is 4.29. The van der Waals surface area contributed by atoms with E-state index in [1.54, 1.807) is 11.9 Å². The van der Waals surface area contributed by atoms with Gasteiger partial charge in [-0.3, -0.25) is 4.79 Å². The summed E-state index contributed by atoms with van der Waals surface area (Å²) in [5.74, 6) is 0.381. The number of likely N-dealkylation sites (N-methyl/N-ethyl adjacent to an activating group) is 1. The van der Waals surface area contributed by atoms with Crippen LogP contribution in [0.5, 0.6) is 0 Å². The van der Waals surface area contributed by atoms with Crippen LogP contribution in [0.4, 0.5) is 0 Å². The predicted molar refractivity (Wildman–Crippen MR) is 67.7 cm³/mol. The lowest BCUT2D eigenvalue weighted by atomic mass is 10.2. The minimum absolute atomic E-state index is 0.0262. The van der Waals surface area contributed by atoms with Gasteiger partial charge in [-0.05, 0) is 40.8 Å². The van der Waals surface area contributed by atoms with E-state index in [9.17, 15) is 9.90 Å². The van der Waals surface area contributed by atoms with Gasteiger partial charge >= 0.3 is 0 Å². The molecule has 2 rings (SSSR count). The van der Waals surface area contributed by atoms with Gasteiger partial charge in [0.2, 0.25) is 0 Å². The SMILES string of the molecule is CN(CC(O)C1CC1)C(=O)c1csc(Br)c1. The average molecular weight is 304 g/mol. The first-order valence-electron chi connectivity index (χ1n) is 5.25. The molecule has 0 aliphatic heterocycles. The number of hydrogen-bond donors (Lipinski definition) is 1. The van der Waals surface area contributed by atoms with E-state index in [4.69, 9.17) is 0 Å². The molecule has 1 fully saturated rings. The minimum Gasteiger partial charge on any atom is -0.391 e. The van der Waals surface area contributed by atoms with E-state index in [-0.39, 0.29) is 12.0 Å². The Kier molecular flexibility index (Phi) is 3.66. The van der Waals surface area contributed by atoms with Gasteiger partial charge in [0.25, 0.3) is 5.91 Å². The summed E-state index contributed by atoms with van der Waals surface area (Å²) in [6.45, 7) is 0.428. The summed E-state index contributed by atoms with van der Waals surface area (Å²) in [5.41, 5.74) is 0.683. The summed E-state index contributed by atoms with van der Waals surface area (Å²) < 4.78 is 0.951. The molecule has 1 aromatic heterocycles. The summed E-state index contributed by atoms with van der Waals surface area (Å²) >= 11 is 4.83. The van der Waals surface area contributed by atoms with Gasteiger partial charge in [-0.15, -0.1) is 11.3 Å². The van der Waals surface area contributed by atoms with Gasteiger partial charge in [-0.25, -0.2) is 0 Å². The molecule has 0 spiro atoms. The summed E-state index contributed by atoms with van der Waals surface area (Å²) in [6.07, 6.45) is 1.82. The molecule has 5 heteroatoms. The molecule has 1 aromatic rings. The number of hydrogen-bond acceptors (Lipinski definition) is 3. The number of aliphatic hydroxyl groups excluding tert-OH is 1. The smallest absolute Gasteiger partial charge is 0.254 e. The Hall–Kier alpha value is -0.390. The molecule has 3 nitrogen and oxygen atoms in total. The van der Waals surface area contributed by atoms with E-state index in [1.807, 2.05) is 11.4 Å². The van der Waals surface area contributed by atoms with Crippen molar-refractivity contribution in [2.24, 2.45) is 5.92 Å². The van der Waals surface area contributed by atoms with Crippen molar-refractivity contribution in [3.05, 3.63) is 20.8 Å². The van der Waals surface area contributed by atoms with E-state index in [1.165, 1.54) is 11.3 Å². The molecule has 1 atom stereocenters. The first-order chi connectivity index (χ1) is 7.58. The van der Waals surface area contributed by atoms with Crippen molar-refractivity contribution in [3.63, 3.8) is 0 Å². The van der Waals surface area contributed by atoms with Crippen LogP contribution in [0.2, 0.25) is 0 Å². The number of nitrogens with zero attached hydrogens (tertiary/aromatic N) is 1. The average Bonchev–Trinajstić information content (AvgIpc) is 3.00. The van der Waals surface area contributed by atoms with Crippen LogP contribution < -0.4 is 0 Å². The van der Waals surface area contributed by atoms with E-state index < -0.39 is 0 Å². The van der Waals surface area contributed by atoms with Crippen LogP contribution in [-0.4, -0.2) is 35.6 Å². The molecule has 0 radical (unpaired) electrons. The van der Waals surface area contributed by atoms with Crippen LogP contribution in [-0.2, 0) is 0 Å². The Morgan fingerprint density at radius 3 is 2.94 bits per heavy atom. The maximum absolute atomic E-state index is 11.9. The topological polar surface area (TPSA) is 40.5 Å². The van der Waals surface area contributed by atoms with Gasteiger partial charge in [-0.1, -0.05) is 0 Å². The molecule has 1 N–H and O–H groups in total. The highest BCUT2D eigenvalue weighted by atomic mass is 79.9. The molecule has 16 heavy (non-hydrogen) atoms. The normalized spacial score (nSPS) is 17.2. The van der Waals surface area contributed by atoms with Gasteiger partial charge < -0.3 is 10.0 Å². The van der Waals surface area contributed by atoms with Gasteiger partial charge in [0.1, 0.15) is 0 Å². The number of carbonyl (C=O) groups is 1. The largest absolute Gasteiger partial charge is 0.391 e. The zero-order valence-corrected chi connectivity index (χ0v) is 11.4. The number of thiophene rings is 1. The minimum atomic E-state index is -0.365. The molecule has 88 valence electrons. The highest BCUT2D eigenvalue weighted by molar-refractivity contribution is 9.11. The van der Waals surface area contributed by atoms with Crippen LogP contribution in [0.25, 0.3) is 0 Å². The van der Waals surface area contributed by atoms with Crippen molar-refractivity contribution in [1.82, 2.24) is 4.90 Å². The molecular formula is C11H14BrNO2S. The van der Waals surface area contributed by atoms with Gasteiger partial charge in [0, 0.05) is 19.0 Å². The monoisotopic (exact) mass is 303 g/mol. The lowest BCUT2D eigenvalue weighted by molar-refractivity contribution is 0.0646. The summed E-state index contributed by atoms with van der Waals surface area (Å²) in [7, 11) is 1.74. The van der Waals surface area contributed by atoms with Gasteiger partial charge in [0.05, 0.1) is 15.5 Å². The van der Waals surface area contributed by atoms with Crippen molar-refractivity contribution < 1.29 is 9.90 Å². The fraction of sp³-hybridized carbons (Fsp3) is 0.545. The van der Waals surface area contributed by atoms with Crippen LogP contribution >= 0.6 is 27.3 Å². The number of amides is 1. The van der Waals surface area contributed by atoms with Crippen molar-refractivity contribution in [2.45, 2.75) is 18.9 Å². The van der Waals surface area contributed by atoms with E-state index in [0.29, 0.717) is 18.0 Å². The molecule has 0 saturated heterocycles. The quantitative estimate of drug-likeness (QED) is 0.927. The maximum Gasteiger partial charge on any atom is 0.254 e. The lowest BCUT2D eigenvalue weighted by Crippen LogP contribution is -2.35. The molecule has 1 saturated carbocycles. The van der Waals surface area contributed by atoms with E-state index in [2.05, 4.69) is 15.9 Å². The first kappa shape index (κ1) is 12.1. The van der Waals surface area contributed by atoms with Crippen molar-refractivity contribution in [1.29, 1.82) is 0 Å². The van der Waals surface area contributed by atoms with Gasteiger partial charge in [0.15, 0.2) is 0 Å². The van der Waals surface area contributed by atoms with Crippen molar-refractivity contribution >= 4 is 33.2 Å². The zero-order chi connectivity index (χ0) is 11.7. The maximum atomic E-state index is 11.9. The number of halogens is 1. The van der Waals surface area contributed by atoms with Crippen LogP contribution in [0, 0.1) is 5.92 Å². The fourth-order valence-electron chi connectivity index (χ4n) is 1.64. The van der Waals surface area contributed by atoms with Crippen LogP contribution in [0.1, 0.15) is 23.2 Å². The summed E-state index contributed by atoms with van der Waals surface area (Å²) in [6, 6.07) is 1.81. The first-order valence-corrected chi connectivity index (χ1v) is 6.92. The second-order valence-electron chi connectivity index (χ2n) is 4.23.